The van der Waals surface area contributed by atoms with Crippen LogP contribution in [0.4, 0.5) is 5.69 Å². The number of nitrogens with zero attached hydrogens (tertiary/aromatic N) is 5. The minimum Gasteiger partial charge on any atom is -0.378 e. The minimum atomic E-state index is -0.400. The summed E-state index contributed by atoms with van der Waals surface area (Å²) in [7, 11) is 4.05. The van der Waals surface area contributed by atoms with Gasteiger partial charge in [-0.15, -0.1) is 0 Å². The number of hydrogen-bond donors (Lipinski definition) is 0. The molecule has 1 aliphatic heterocycles. The van der Waals surface area contributed by atoms with Crippen molar-refractivity contribution in [2.45, 2.75) is 24.7 Å². The van der Waals surface area contributed by atoms with Crippen LogP contribution in [0.5, 0.6) is 0 Å². The topological polar surface area (TPSA) is 57.3 Å². The molecule has 5 nitrogen and oxygen atoms in total. The molecule has 1 heterocycles. The summed E-state index contributed by atoms with van der Waals surface area (Å²) in [5.41, 5.74) is 4.16. The van der Waals surface area contributed by atoms with Gasteiger partial charge in [-0.3, -0.25) is 9.80 Å². The van der Waals surface area contributed by atoms with Gasteiger partial charge in [0.15, 0.2) is 0 Å². The summed E-state index contributed by atoms with van der Waals surface area (Å²) in [5, 5.41) is 20.5. The van der Waals surface area contributed by atoms with Crippen LogP contribution in [0.1, 0.15) is 41.4 Å². The highest BCUT2D eigenvalue weighted by atomic mass is 15.4. The maximum atomic E-state index is 10.2. The van der Waals surface area contributed by atoms with Gasteiger partial charge in [-0.1, -0.05) is 72.8 Å². The van der Waals surface area contributed by atoms with Gasteiger partial charge < -0.3 is 4.90 Å². The third-order valence-corrected chi connectivity index (χ3v) is 6.31. The minimum absolute atomic E-state index is 0.190. The Morgan fingerprint density at radius 2 is 1.18 bits per heavy atom. The molecular weight excluding hydrogens is 406 g/mol. The van der Waals surface area contributed by atoms with Crippen LogP contribution in [0.25, 0.3) is 0 Å². The van der Waals surface area contributed by atoms with Crippen LogP contribution < -0.4 is 4.90 Å². The molecule has 0 aliphatic carbocycles. The molecule has 1 aliphatic rings. The van der Waals surface area contributed by atoms with E-state index in [1.807, 2.05) is 74.8 Å². The highest BCUT2D eigenvalue weighted by molar-refractivity contribution is 5.46. The predicted octanol–water partition coefficient (Wildman–Crippen LogP) is 5.29. The predicted molar refractivity (Wildman–Crippen MR) is 131 cm³/mol. The first-order valence-electron chi connectivity index (χ1n) is 11.3. The van der Waals surface area contributed by atoms with Crippen LogP contribution in [0.2, 0.25) is 0 Å². The van der Waals surface area contributed by atoms with Gasteiger partial charge in [-0.05, 0) is 35.2 Å². The molecule has 33 heavy (non-hydrogen) atoms. The summed E-state index contributed by atoms with van der Waals surface area (Å²) in [6.07, 6.45) is 0.701. The molecular formula is C28H29N5. The molecule has 0 radical (unpaired) electrons. The summed E-state index contributed by atoms with van der Waals surface area (Å²) < 4.78 is 0. The van der Waals surface area contributed by atoms with E-state index in [9.17, 15) is 10.5 Å². The second kappa shape index (κ2) is 10.3. The Morgan fingerprint density at radius 3 is 1.58 bits per heavy atom. The van der Waals surface area contributed by atoms with Gasteiger partial charge >= 0.3 is 0 Å². The normalized spacial score (nSPS) is 18.6. The molecule has 1 saturated heterocycles. The van der Waals surface area contributed by atoms with Crippen molar-refractivity contribution >= 4 is 5.69 Å². The maximum absolute atomic E-state index is 10.2. The van der Waals surface area contributed by atoms with Gasteiger partial charge in [-0.25, -0.2) is 0 Å². The van der Waals surface area contributed by atoms with Crippen LogP contribution >= 0.6 is 0 Å². The van der Waals surface area contributed by atoms with Crippen molar-refractivity contribution in [3.8, 4) is 12.1 Å². The molecule has 2 atom stereocenters. The summed E-state index contributed by atoms with van der Waals surface area (Å²) in [4.78, 5) is 6.57. The standard InChI is InChI=1S/C28H29N5/c1-31(2)25-16-14-24(15-17-25)28-32(26(20-29)22-10-5-3-6-11-22)18-9-19-33(28)27(21-30)23-12-7-4-8-13-23/h3-8,10-17,26-28H,9,18-19H2,1-2H3. The molecule has 4 rings (SSSR count). The van der Waals surface area contributed by atoms with E-state index in [4.69, 9.17) is 0 Å². The fourth-order valence-electron chi connectivity index (χ4n) is 4.69. The first-order chi connectivity index (χ1) is 16.1. The van der Waals surface area contributed by atoms with Crippen molar-refractivity contribution in [3.05, 3.63) is 102 Å². The van der Waals surface area contributed by atoms with Crippen LogP contribution in [0.3, 0.4) is 0 Å². The zero-order valence-electron chi connectivity index (χ0n) is 19.2. The molecule has 0 saturated carbocycles. The van der Waals surface area contributed by atoms with Gasteiger partial charge in [0.25, 0.3) is 0 Å². The molecule has 0 N–H and O–H groups in total. The van der Waals surface area contributed by atoms with E-state index >= 15 is 0 Å². The van der Waals surface area contributed by atoms with Crippen molar-refractivity contribution in [3.63, 3.8) is 0 Å². The molecule has 0 aromatic heterocycles. The Balaban J connectivity index is 1.80. The molecule has 0 bridgehead atoms. The lowest BCUT2D eigenvalue weighted by atomic mass is 9.97. The zero-order chi connectivity index (χ0) is 23.2. The number of nitriles is 2. The zero-order valence-corrected chi connectivity index (χ0v) is 19.2. The first-order valence-corrected chi connectivity index (χ1v) is 11.3. The molecule has 3 aromatic rings. The fraction of sp³-hybridized carbons (Fsp3) is 0.286. The smallest absolute Gasteiger partial charge is 0.125 e. The van der Waals surface area contributed by atoms with Crippen molar-refractivity contribution < 1.29 is 0 Å². The summed E-state index contributed by atoms with van der Waals surface area (Å²) in [6, 6.07) is 32.6. The lowest BCUT2D eigenvalue weighted by Gasteiger charge is -2.47. The van der Waals surface area contributed by atoms with E-state index in [1.54, 1.807) is 0 Å². The van der Waals surface area contributed by atoms with Gasteiger partial charge in [0, 0.05) is 32.9 Å². The Labute approximate surface area is 196 Å². The van der Waals surface area contributed by atoms with Crippen LogP contribution in [0, 0.1) is 22.7 Å². The molecule has 5 heteroatoms. The lowest BCUT2D eigenvalue weighted by Crippen LogP contribution is -2.49. The Bertz CT molecular complexity index is 1050. The average molecular weight is 436 g/mol. The molecule has 2 unspecified atom stereocenters. The van der Waals surface area contributed by atoms with E-state index in [0.29, 0.717) is 0 Å². The highest BCUT2D eigenvalue weighted by Crippen LogP contribution is 2.40. The van der Waals surface area contributed by atoms with Crippen molar-refractivity contribution in [1.82, 2.24) is 9.80 Å². The van der Waals surface area contributed by atoms with Gasteiger partial charge in [0.05, 0.1) is 18.3 Å². The monoisotopic (exact) mass is 435 g/mol. The summed E-state index contributed by atoms with van der Waals surface area (Å²) in [6.45, 7) is 1.58. The lowest BCUT2D eigenvalue weighted by molar-refractivity contribution is -0.0286. The average Bonchev–Trinajstić information content (AvgIpc) is 2.86. The molecule has 166 valence electrons. The van der Waals surface area contributed by atoms with Gasteiger partial charge in [0.1, 0.15) is 12.1 Å². The molecule has 3 aromatic carbocycles. The third kappa shape index (κ3) is 4.76. The number of hydrogen-bond acceptors (Lipinski definition) is 5. The van der Waals surface area contributed by atoms with E-state index in [-0.39, 0.29) is 6.17 Å². The van der Waals surface area contributed by atoms with Crippen LogP contribution in [-0.2, 0) is 0 Å². The largest absolute Gasteiger partial charge is 0.378 e. The Hall–Kier alpha value is -3.64. The van der Waals surface area contributed by atoms with E-state index < -0.39 is 12.1 Å². The SMILES string of the molecule is CN(C)c1ccc(C2N(C(C#N)c3ccccc3)CCCN2C(C#N)c2ccccc2)cc1. The number of rotatable bonds is 6. The summed E-state index contributed by atoms with van der Waals surface area (Å²) >= 11 is 0. The Morgan fingerprint density at radius 1 is 0.727 bits per heavy atom. The van der Waals surface area contributed by atoms with Crippen molar-refractivity contribution in [1.29, 1.82) is 10.5 Å². The van der Waals surface area contributed by atoms with Gasteiger partial charge in [-0.2, -0.15) is 10.5 Å². The first kappa shape index (κ1) is 22.6. The number of anilines is 1. The van der Waals surface area contributed by atoms with Gasteiger partial charge in [0.2, 0.25) is 0 Å². The van der Waals surface area contributed by atoms with E-state index in [0.717, 1.165) is 41.9 Å². The third-order valence-electron chi connectivity index (χ3n) is 6.31. The Kier molecular flexibility index (Phi) is 7.05. The second-order valence-corrected chi connectivity index (χ2v) is 8.57. The quantitative estimate of drug-likeness (QED) is 0.527. The molecule has 0 spiro atoms. The van der Waals surface area contributed by atoms with Crippen molar-refractivity contribution in [2.24, 2.45) is 0 Å². The highest BCUT2D eigenvalue weighted by Gasteiger charge is 2.39. The molecule has 0 amide bonds. The van der Waals surface area contributed by atoms with Crippen molar-refractivity contribution in [2.75, 3.05) is 32.1 Å². The molecule has 1 fully saturated rings. The van der Waals surface area contributed by atoms with Crippen LogP contribution in [0.15, 0.2) is 84.9 Å². The summed E-state index contributed by atoms with van der Waals surface area (Å²) in [5.74, 6) is 0. The maximum Gasteiger partial charge on any atom is 0.125 e. The fourth-order valence-corrected chi connectivity index (χ4v) is 4.69. The van der Waals surface area contributed by atoms with Crippen LogP contribution in [-0.4, -0.2) is 37.0 Å². The van der Waals surface area contributed by atoms with E-state index in [2.05, 4.69) is 51.1 Å². The second-order valence-electron chi connectivity index (χ2n) is 8.57. The van der Waals surface area contributed by atoms with E-state index in [1.165, 1.54) is 0 Å². The number of benzene rings is 3.